The van der Waals surface area contributed by atoms with Crippen LogP contribution in [0.3, 0.4) is 0 Å². The highest BCUT2D eigenvalue weighted by atomic mass is 16.4. The van der Waals surface area contributed by atoms with Crippen LogP contribution in [0.5, 0.6) is 0 Å². The molecule has 1 unspecified atom stereocenters. The first kappa shape index (κ1) is 15.3. The molecule has 0 aromatic rings. The summed E-state index contributed by atoms with van der Waals surface area (Å²) in [5, 5.41) is 9.56. The van der Waals surface area contributed by atoms with Gasteiger partial charge in [0.25, 0.3) is 0 Å². The maximum atomic E-state index is 12.2. The summed E-state index contributed by atoms with van der Waals surface area (Å²) in [5.74, 6) is -0.572. The van der Waals surface area contributed by atoms with E-state index in [2.05, 4.69) is 0 Å². The van der Waals surface area contributed by atoms with Crippen molar-refractivity contribution in [3.63, 3.8) is 0 Å². The van der Waals surface area contributed by atoms with Crippen LogP contribution in [0.25, 0.3) is 0 Å². The molecule has 1 saturated carbocycles. The topological polar surface area (TPSA) is 60.9 Å². The van der Waals surface area contributed by atoms with Gasteiger partial charge < -0.3 is 10.0 Å². The largest absolute Gasteiger partial charge is 0.481 e. The number of carboxylic acid groups (broad SMARTS) is 1. The van der Waals surface area contributed by atoms with E-state index in [4.69, 9.17) is 0 Å². The van der Waals surface area contributed by atoms with Crippen LogP contribution in [0.4, 0.5) is 0 Å². The average Bonchev–Trinajstić information content (AvgIpc) is 3.22. The summed E-state index contributed by atoms with van der Waals surface area (Å²) >= 11 is 0. The number of likely N-dealkylation sites (N-methyl/N-ethyl adjacent to an activating group) is 1. The molecular weight excluding hydrogens is 256 g/mol. The van der Waals surface area contributed by atoms with Crippen LogP contribution >= 0.6 is 0 Å². The van der Waals surface area contributed by atoms with Gasteiger partial charge >= 0.3 is 5.97 Å². The summed E-state index contributed by atoms with van der Waals surface area (Å²) < 4.78 is 0. The number of aliphatic carboxylic acids is 1. The van der Waals surface area contributed by atoms with Crippen molar-refractivity contribution in [1.82, 2.24) is 9.80 Å². The highest BCUT2D eigenvalue weighted by molar-refractivity contribution is 5.79. The van der Waals surface area contributed by atoms with E-state index in [1.807, 2.05) is 23.8 Å². The van der Waals surface area contributed by atoms with Crippen LogP contribution in [0, 0.1) is 5.41 Å². The van der Waals surface area contributed by atoms with Crippen molar-refractivity contribution < 1.29 is 14.7 Å². The molecule has 1 aliphatic heterocycles. The van der Waals surface area contributed by atoms with Gasteiger partial charge in [-0.1, -0.05) is 13.3 Å². The number of nitrogens with zero attached hydrogens (tertiary/aromatic N) is 2. The number of carbonyl (C=O) groups is 2. The lowest BCUT2D eigenvalue weighted by Gasteiger charge is -2.40. The maximum absolute atomic E-state index is 12.2. The van der Waals surface area contributed by atoms with Crippen molar-refractivity contribution in [2.24, 2.45) is 5.41 Å². The molecule has 5 nitrogen and oxygen atoms in total. The summed E-state index contributed by atoms with van der Waals surface area (Å²) in [4.78, 5) is 27.7. The van der Waals surface area contributed by atoms with Crippen LogP contribution in [-0.2, 0) is 9.59 Å². The molecular formula is C15H26N2O3. The van der Waals surface area contributed by atoms with Crippen LogP contribution in [0.1, 0.15) is 45.4 Å². The van der Waals surface area contributed by atoms with E-state index in [1.165, 1.54) is 0 Å². The molecule has 1 amide bonds. The number of rotatable bonds is 6. The third kappa shape index (κ3) is 3.32. The van der Waals surface area contributed by atoms with E-state index < -0.39 is 11.4 Å². The fraction of sp³-hybridized carbons (Fsp3) is 0.867. The molecule has 0 bridgehead atoms. The first-order chi connectivity index (χ1) is 9.48. The second kappa shape index (κ2) is 6.12. The van der Waals surface area contributed by atoms with Gasteiger partial charge in [0.2, 0.25) is 5.91 Å². The van der Waals surface area contributed by atoms with E-state index in [-0.39, 0.29) is 5.91 Å². The minimum Gasteiger partial charge on any atom is -0.481 e. The Morgan fingerprint density at radius 3 is 2.65 bits per heavy atom. The molecule has 1 aliphatic carbocycles. The Labute approximate surface area is 120 Å². The van der Waals surface area contributed by atoms with Gasteiger partial charge in [-0.25, -0.2) is 0 Å². The summed E-state index contributed by atoms with van der Waals surface area (Å²) in [5.41, 5.74) is -0.647. The Balaban J connectivity index is 1.95. The maximum Gasteiger partial charge on any atom is 0.310 e. The van der Waals surface area contributed by atoms with Crippen LogP contribution in [0.15, 0.2) is 0 Å². The molecule has 20 heavy (non-hydrogen) atoms. The van der Waals surface area contributed by atoms with Gasteiger partial charge in [0.1, 0.15) is 0 Å². The molecule has 0 aromatic heterocycles. The second-order valence-electron chi connectivity index (χ2n) is 6.39. The minimum atomic E-state index is -0.702. The number of carbonyl (C=O) groups excluding carboxylic acids is 1. The summed E-state index contributed by atoms with van der Waals surface area (Å²) in [7, 11) is 1.86. The molecule has 1 heterocycles. The molecule has 114 valence electrons. The molecule has 1 saturated heterocycles. The number of amides is 1. The van der Waals surface area contributed by atoms with E-state index in [9.17, 15) is 14.7 Å². The SMILES string of the molecule is CCCC1(C(=O)O)CCCN(CC(=O)N(C)C2CC2)C1. The number of carboxylic acids is 1. The Morgan fingerprint density at radius 2 is 2.10 bits per heavy atom. The van der Waals surface area contributed by atoms with Crippen molar-refractivity contribution in [3.05, 3.63) is 0 Å². The fourth-order valence-corrected chi connectivity index (χ4v) is 3.29. The quantitative estimate of drug-likeness (QED) is 0.803. The van der Waals surface area contributed by atoms with Gasteiger partial charge in [-0.05, 0) is 38.6 Å². The van der Waals surface area contributed by atoms with Gasteiger partial charge in [0, 0.05) is 19.6 Å². The summed E-state index contributed by atoms with van der Waals surface area (Å²) in [6, 6.07) is 0.423. The number of hydrogen-bond acceptors (Lipinski definition) is 3. The normalized spacial score (nSPS) is 27.3. The molecule has 2 aliphatic rings. The zero-order valence-electron chi connectivity index (χ0n) is 12.6. The molecule has 0 aromatic carbocycles. The van der Waals surface area contributed by atoms with Crippen molar-refractivity contribution >= 4 is 11.9 Å². The van der Waals surface area contributed by atoms with Crippen molar-refractivity contribution in [1.29, 1.82) is 0 Å². The van der Waals surface area contributed by atoms with E-state index >= 15 is 0 Å². The number of hydrogen-bond donors (Lipinski definition) is 1. The molecule has 0 radical (unpaired) electrons. The fourth-order valence-electron chi connectivity index (χ4n) is 3.29. The van der Waals surface area contributed by atoms with E-state index in [0.717, 1.165) is 38.6 Å². The van der Waals surface area contributed by atoms with Crippen molar-refractivity contribution in [3.8, 4) is 0 Å². The van der Waals surface area contributed by atoms with Crippen LogP contribution < -0.4 is 0 Å². The third-order valence-electron chi connectivity index (χ3n) is 4.69. The lowest BCUT2D eigenvalue weighted by Crippen LogP contribution is -2.50. The minimum absolute atomic E-state index is 0.130. The zero-order valence-corrected chi connectivity index (χ0v) is 12.6. The third-order valence-corrected chi connectivity index (χ3v) is 4.69. The standard InChI is InChI=1S/C15H26N2O3/c1-3-7-15(14(19)20)8-4-9-17(11-15)10-13(18)16(2)12-5-6-12/h12H,3-11H2,1-2H3,(H,19,20). The molecule has 1 atom stereocenters. The number of piperidine rings is 1. The summed E-state index contributed by atoms with van der Waals surface area (Å²) in [6.45, 7) is 3.74. The smallest absolute Gasteiger partial charge is 0.310 e. The molecule has 0 spiro atoms. The lowest BCUT2D eigenvalue weighted by atomic mass is 9.76. The second-order valence-corrected chi connectivity index (χ2v) is 6.39. The molecule has 2 rings (SSSR count). The highest BCUT2D eigenvalue weighted by Crippen LogP contribution is 2.35. The number of likely N-dealkylation sites (tertiary alicyclic amines) is 1. The zero-order chi connectivity index (χ0) is 14.8. The van der Waals surface area contributed by atoms with Crippen LogP contribution in [-0.4, -0.2) is 59.5 Å². The van der Waals surface area contributed by atoms with E-state index in [1.54, 1.807) is 0 Å². The predicted octanol–water partition coefficient (Wildman–Crippen LogP) is 1.57. The van der Waals surface area contributed by atoms with Gasteiger partial charge in [-0.2, -0.15) is 0 Å². The Hall–Kier alpha value is -1.10. The molecule has 5 heteroatoms. The highest BCUT2D eigenvalue weighted by Gasteiger charge is 2.42. The first-order valence-corrected chi connectivity index (χ1v) is 7.70. The van der Waals surface area contributed by atoms with Gasteiger partial charge in [0.05, 0.1) is 12.0 Å². The van der Waals surface area contributed by atoms with E-state index in [0.29, 0.717) is 25.6 Å². The van der Waals surface area contributed by atoms with Gasteiger partial charge in [-0.15, -0.1) is 0 Å². The van der Waals surface area contributed by atoms with Gasteiger partial charge in [-0.3, -0.25) is 14.5 Å². The summed E-state index contributed by atoms with van der Waals surface area (Å²) in [6.07, 6.45) is 5.39. The predicted molar refractivity (Wildman–Crippen MR) is 76.4 cm³/mol. The van der Waals surface area contributed by atoms with Crippen molar-refractivity contribution in [2.45, 2.75) is 51.5 Å². The molecule has 2 fully saturated rings. The van der Waals surface area contributed by atoms with Gasteiger partial charge in [0.15, 0.2) is 0 Å². The van der Waals surface area contributed by atoms with Crippen LogP contribution in [0.2, 0.25) is 0 Å². The lowest BCUT2D eigenvalue weighted by molar-refractivity contribution is -0.154. The first-order valence-electron chi connectivity index (χ1n) is 7.70. The Bertz CT molecular complexity index is 377. The monoisotopic (exact) mass is 282 g/mol. The Morgan fingerprint density at radius 1 is 1.40 bits per heavy atom. The Kier molecular flexibility index (Phi) is 4.68. The van der Waals surface area contributed by atoms with Crippen molar-refractivity contribution in [2.75, 3.05) is 26.7 Å². The average molecular weight is 282 g/mol. The molecule has 1 N–H and O–H groups in total.